The van der Waals surface area contributed by atoms with Gasteiger partial charge in [0.15, 0.2) is 0 Å². The van der Waals surface area contributed by atoms with Crippen molar-refractivity contribution < 1.29 is 19.1 Å². The number of nitrogens with one attached hydrogen (secondary N) is 1. The van der Waals surface area contributed by atoms with Crippen LogP contribution in [0.5, 0.6) is 5.75 Å². The number of amides is 3. The van der Waals surface area contributed by atoms with E-state index in [4.69, 9.17) is 16.3 Å². The van der Waals surface area contributed by atoms with Crippen LogP contribution in [-0.4, -0.2) is 35.6 Å². The summed E-state index contributed by atoms with van der Waals surface area (Å²) in [6.07, 6.45) is 1.60. The summed E-state index contributed by atoms with van der Waals surface area (Å²) in [5.41, 5.74) is 1.25. The van der Waals surface area contributed by atoms with E-state index in [2.05, 4.69) is 21.2 Å². The number of imide groups is 1. The molecule has 6 nitrogen and oxygen atoms in total. The fourth-order valence-corrected chi connectivity index (χ4v) is 3.96. The minimum atomic E-state index is -0.506. The average molecular weight is 482 g/mol. The Hall–Kier alpha value is -2.29. The Kier molecular flexibility index (Phi) is 6.43. The van der Waals surface area contributed by atoms with Crippen molar-refractivity contribution in [3.05, 3.63) is 62.4 Å². The maximum atomic E-state index is 12.5. The number of rotatable bonds is 5. The Morgan fingerprint density at radius 3 is 2.61 bits per heavy atom. The van der Waals surface area contributed by atoms with Crippen LogP contribution in [0.1, 0.15) is 5.56 Å². The number of halogens is 2. The Bertz CT molecular complexity index is 978. The quantitative estimate of drug-likeness (QED) is 0.622. The summed E-state index contributed by atoms with van der Waals surface area (Å²) < 4.78 is 5.90. The molecule has 28 heavy (non-hydrogen) atoms. The molecule has 1 N–H and O–H groups in total. The van der Waals surface area contributed by atoms with Crippen LogP contribution >= 0.6 is 39.3 Å². The summed E-state index contributed by atoms with van der Waals surface area (Å²) >= 11 is 9.98. The van der Waals surface area contributed by atoms with Crippen molar-refractivity contribution in [2.24, 2.45) is 0 Å². The molecule has 144 valence electrons. The zero-order chi connectivity index (χ0) is 20.3. The smallest absolute Gasteiger partial charge is 0.294 e. The Morgan fingerprint density at radius 1 is 1.25 bits per heavy atom. The van der Waals surface area contributed by atoms with E-state index >= 15 is 0 Å². The third kappa shape index (κ3) is 4.76. The van der Waals surface area contributed by atoms with Crippen LogP contribution in [0.4, 0.5) is 10.5 Å². The van der Waals surface area contributed by atoms with Crippen molar-refractivity contribution in [2.45, 2.75) is 0 Å². The molecular formula is C19H14BrClN2O4S. The van der Waals surface area contributed by atoms with Crippen LogP contribution in [0.25, 0.3) is 6.08 Å². The SMILES string of the molecule is COc1ccc(/C=C2/SC(=O)N(CC(=O)Nc3ccc(Cl)cc3)C2=O)cc1Br. The zero-order valence-electron chi connectivity index (χ0n) is 14.6. The standard InChI is InChI=1S/C19H14BrClN2O4S/c1-27-15-7-2-11(8-14(15)20)9-16-18(25)23(19(26)28-16)10-17(24)22-13-5-3-12(21)4-6-13/h2-9H,10H2,1H3,(H,22,24)/b16-9+. The third-order valence-electron chi connectivity index (χ3n) is 3.78. The molecule has 0 spiro atoms. The summed E-state index contributed by atoms with van der Waals surface area (Å²) in [5, 5.41) is 2.68. The van der Waals surface area contributed by atoms with E-state index in [1.165, 1.54) is 0 Å². The maximum Gasteiger partial charge on any atom is 0.294 e. The predicted molar refractivity (Wildman–Crippen MR) is 113 cm³/mol. The Morgan fingerprint density at radius 2 is 1.96 bits per heavy atom. The number of benzene rings is 2. The molecule has 2 aromatic rings. The normalized spacial score (nSPS) is 15.2. The summed E-state index contributed by atoms with van der Waals surface area (Å²) in [4.78, 5) is 38.1. The highest BCUT2D eigenvalue weighted by atomic mass is 79.9. The minimum absolute atomic E-state index is 0.251. The van der Waals surface area contributed by atoms with Crippen LogP contribution in [0, 0.1) is 0 Å². The first kappa shape index (κ1) is 20.4. The second kappa shape index (κ2) is 8.81. The van der Waals surface area contributed by atoms with Gasteiger partial charge in [0, 0.05) is 10.7 Å². The molecule has 2 aromatic carbocycles. The van der Waals surface area contributed by atoms with Gasteiger partial charge in [-0.25, -0.2) is 0 Å². The summed E-state index contributed by atoms with van der Waals surface area (Å²) in [6, 6.07) is 11.8. The van der Waals surface area contributed by atoms with Gasteiger partial charge in [-0.1, -0.05) is 17.7 Å². The minimum Gasteiger partial charge on any atom is -0.496 e. The number of hydrogen-bond donors (Lipinski definition) is 1. The van der Waals surface area contributed by atoms with Gasteiger partial charge in [0.25, 0.3) is 11.1 Å². The number of thioether (sulfide) groups is 1. The second-order valence-electron chi connectivity index (χ2n) is 5.72. The molecule has 1 saturated heterocycles. The molecule has 0 aromatic heterocycles. The first-order valence-corrected chi connectivity index (χ1v) is 10.0. The van der Waals surface area contributed by atoms with Crippen LogP contribution < -0.4 is 10.1 Å². The summed E-state index contributed by atoms with van der Waals surface area (Å²) in [5.74, 6) is -0.324. The monoisotopic (exact) mass is 480 g/mol. The average Bonchev–Trinajstić information content (AvgIpc) is 2.91. The lowest BCUT2D eigenvalue weighted by Crippen LogP contribution is -2.36. The van der Waals surface area contributed by atoms with Gasteiger partial charge in [-0.15, -0.1) is 0 Å². The van der Waals surface area contributed by atoms with Crippen LogP contribution in [0.3, 0.4) is 0 Å². The summed E-state index contributed by atoms with van der Waals surface area (Å²) in [6.45, 7) is -0.364. The highest BCUT2D eigenvalue weighted by molar-refractivity contribution is 9.10. The number of nitrogens with zero attached hydrogens (tertiary/aromatic N) is 1. The molecule has 1 heterocycles. The molecule has 3 amide bonds. The lowest BCUT2D eigenvalue weighted by Gasteiger charge is -2.12. The predicted octanol–water partition coefficient (Wildman–Crippen LogP) is 4.79. The highest BCUT2D eigenvalue weighted by Crippen LogP contribution is 2.33. The van der Waals surface area contributed by atoms with Gasteiger partial charge in [0.2, 0.25) is 5.91 Å². The molecule has 0 radical (unpaired) electrons. The molecule has 1 aliphatic rings. The van der Waals surface area contributed by atoms with Gasteiger partial charge in [-0.05, 0) is 75.7 Å². The molecule has 0 aliphatic carbocycles. The summed E-state index contributed by atoms with van der Waals surface area (Å²) in [7, 11) is 1.56. The van der Waals surface area contributed by atoms with E-state index < -0.39 is 17.1 Å². The van der Waals surface area contributed by atoms with Crippen LogP contribution in [-0.2, 0) is 9.59 Å². The molecule has 0 saturated carbocycles. The van der Waals surface area contributed by atoms with Crippen molar-refractivity contribution in [2.75, 3.05) is 19.0 Å². The Labute approximate surface area is 179 Å². The molecule has 0 bridgehead atoms. The highest BCUT2D eigenvalue weighted by Gasteiger charge is 2.36. The number of ether oxygens (including phenoxy) is 1. The van der Waals surface area contributed by atoms with Crippen molar-refractivity contribution in [3.63, 3.8) is 0 Å². The molecule has 0 unspecified atom stereocenters. The van der Waals surface area contributed by atoms with Gasteiger partial charge < -0.3 is 10.1 Å². The number of anilines is 1. The largest absolute Gasteiger partial charge is 0.496 e. The lowest BCUT2D eigenvalue weighted by molar-refractivity contribution is -0.127. The van der Waals surface area contributed by atoms with Gasteiger partial charge in [0.1, 0.15) is 12.3 Å². The Balaban J connectivity index is 1.69. The number of carbonyl (C=O) groups excluding carboxylic acids is 3. The molecule has 3 rings (SSSR count). The van der Waals surface area contributed by atoms with Crippen molar-refractivity contribution >= 4 is 68.1 Å². The van der Waals surface area contributed by atoms with E-state index in [1.54, 1.807) is 55.7 Å². The van der Waals surface area contributed by atoms with Crippen LogP contribution in [0.2, 0.25) is 5.02 Å². The van der Waals surface area contributed by atoms with Crippen molar-refractivity contribution in [1.82, 2.24) is 4.90 Å². The van der Waals surface area contributed by atoms with E-state index in [1.807, 2.05) is 0 Å². The van der Waals surface area contributed by atoms with Crippen molar-refractivity contribution in [1.29, 1.82) is 0 Å². The fraction of sp³-hybridized carbons (Fsp3) is 0.105. The zero-order valence-corrected chi connectivity index (χ0v) is 17.7. The molecular weight excluding hydrogens is 468 g/mol. The van der Waals surface area contributed by atoms with Crippen molar-refractivity contribution in [3.8, 4) is 5.75 Å². The van der Waals surface area contributed by atoms with E-state index in [9.17, 15) is 14.4 Å². The molecule has 1 aliphatic heterocycles. The van der Waals surface area contributed by atoms with E-state index in [0.29, 0.717) is 16.5 Å². The van der Waals surface area contributed by atoms with Gasteiger partial charge in [-0.2, -0.15) is 0 Å². The van der Waals surface area contributed by atoms with Crippen LogP contribution in [0.15, 0.2) is 51.8 Å². The molecule has 1 fully saturated rings. The second-order valence-corrected chi connectivity index (χ2v) is 8.00. The van der Waals surface area contributed by atoms with E-state index in [-0.39, 0.29) is 11.4 Å². The van der Waals surface area contributed by atoms with Gasteiger partial charge >= 0.3 is 0 Å². The first-order valence-electron chi connectivity index (χ1n) is 8.01. The number of methoxy groups -OCH3 is 1. The maximum absolute atomic E-state index is 12.5. The lowest BCUT2D eigenvalue weighted by atomic mass is 10.2. The molecule has 0 atom stereocenters. The topological polar surface area (TPSA) is 75.7 Å². The number of carbonyl (C=O) groups is 3. The van der Waals surface area contributed by atoms with Gasteiger partial charge in [-0.3, -0.25) is 19.3 Å². The van der Waals surface area contributed by atoms with Gasteiger partial charge in [0.05, 0.1) is 16.5 Å². The molecule has 9 heteroatoms. The fourth-order valence-electron chi connectivity index (χ4n) is 2.44. The van der Waals surface area contributed by atoms with E-state index in [0.717, 1.165) is 26.7 Å². The third-order valence-corrected chi connectivity index (χ3v) is 5.56. The first-order chi connectivity index (χ1) is 13.4. The number of hydrogen-bond acceptors (Lipinski definition) is 5.